The van der Waals surface area contributed by atoms with E-state index in [2.05, 4.69) is 12.2 Å². The molecular formula is C38H51NO9. The number of carbonyl (C=O) groups is 5. The van der Waals surface area contributed by atoms with Crippen molar-refractivity contribution in [2.24, 2.45) is 5.92 Å². The van der Waals surface area contributed by atoms with Gasteiger partial charge in [0.25, 0.3) is 0 Å². The minimum Gasteiger partial charge on any atom is -0.481 e. The number of aryl methyl sites for hydroxylation is 1. The Hall–Kier alpha value is -4.31. The third-order valence-corrected chi connectivity index (χ3v) is 8.45. The fraction of sp³-hybridized carbons (Fsp3) is 0.500. The lowest BCUT2D eigenvalue weighted by molar-refractivity contribution is -0.172. The summed E-state index contributed by atoms with van der Waals surface area (Å²) in [5.41, 5.74) is 0.599. The molecule has 2 aromatic carbocycles. The number of carboxylic acids is 3. The van der Waals surface area contributed by atoms with Crippen LogP contribution in [-0.2, 0) is 30.4 Å². The number of carboxylic acid groups (broad SMARTS) is 3. The molecule has 10 heteroatoms. The van der Waals surface area contributed by atoms with Crippen LogP contribution in [0.15, 0.2) is 60.7 Å². The van der Waals surface area contributed by atoms with Crippen molar-refractivity contribution in [3.63, 3.8) is 0 Å². The van der Waals surface area contributed by atoms with Crippen molar-refractivity contribution < 1.29 is 44.4 Å². The number of amides is 1. The molecule has 5 N–H and O–H groups in total. The van der Waals surface area contributed by atoms with E-state index in [1.54, 1.807) is 12.1 Å². The highest BCUT2D eigenvalue weighted by atomic mass is 16.4. The van der Waals surface area contributed by atoms with Gasteiger partial charge in [-0.25, -0.2) is 9.59 Å². The summed E-state index contributed by atoms with van der Waals surface area (Å²) in [5.74, 6) is -7.64. The van der Waals surface area contributed by atoms with Gasteiger partial charge < -0.3 is 25.7 Å². The van der Waals surface area contributed by atoms with Crippen molar-refractivity contribution in [3.8, 4) is 11.1 Å². The molecule has 0 aliphatic carbocycles. The van der Waals surface area contributed by atoms with Crippen LogP contribution in [0.3, 0.4) is 0 Å². The van der Waals surface area contributed by atoms with Crippen molar-refractivity contribution >= 4 is 29.6 Å². The van der Waals surface area contributed by atoms with Crippen LogP contribution in [0.4, 0.5) is 0 Å². The van der Waals surface area contributed by atoms with E-state index in [0.29, 0.717) is 31.2 Å². The first-order valence-corrected chi connectivity index (χ1v) is 16.9. The quantitative estimate of drug-likeness (QED) is 0.0618. The van der Waals surface area contributed by atoms with Gasteiger partial charge in [-0.15, -0.1) is 0 Å². The molecule has 0 aliphatic heterocycles. The van der Waals surface area contributed by atoms with E-state index in [1.165, 1.54) is 12.5 Å². The maximum Gasteiger partial charge on any atom is 0.337 e. The largest absolute Gasteiger partial charge is 0.481 e. The van der Waals surface area contributed by atoms with E-state index >= 15 is 0 Å². The van der Waals surface area contributed by atoms with Crippen molar-refractivity contribution in [1.82, 2.24) is 5.32 Å². The van der Waals surface area contributed by atoms with Crippen LogP contribution in [0, 0.1) is 12.8 Å². The summed E-state index contributed by atoms with van der Waals surface area (Å²) in [4.78, 5) is 61.2. The molecule has 0 fully saturated rings. The van der Waals surface area contributed by atoms with Gasteiger partial charge in [0.2, 0.25) is 5.91 Å². The fourth-order valence-corrected chi connectivity index (χ4v) is 5.51. The first kappa shape index (κ1) is 39.9. The number of Topliss-reactive ketones (excluding diaryl/α,β-unsaturated/α-hetero) is 1. The van der Waals surface area contributed by atoms with Crippen LogP contribution >= 0.6 is 0 Å². The third-order valence-electron chi connectivity index (χ3n) is 8.45. The van der Waals surface area contributed by atoms with Crippen molar-refractivity contribution in [1.29, 1.82) is 0 Å². The van der Waals surface area contributed by atoms with Crippen molar-refractivity contribution in [2.45, 2.75) is 115 Å². The highest BCUT2D eigenvalue weighted by Gasteiger charge is 2.49. The first-order valence-electron chi connectivity index (χ1n) is 16.9. The molecule has 2 rings (SSSR count). The monoisotopic (exact) mass is 665 g/mol. The van der Waals surface area contributed by atoms with Crippen LogP contribution < -0.4 is 5.32 Å². The number of ketones is 1. The molecule has 0 unspecified atom stereocenters. The van der Waals surface area contributed by atoms with Crippen LogP contribution in [0.5, 0.6) is 0 Å². The highest BCUT2D eigenvalue weighted by Crippen LogP contribution is 2.26. The summed E-state index contributed by atoms with van der Waals surface area (Å²) in [6.45, 7) is 4.13. The molecular weight excluding hydrogens is 614 g/mol. The molecule has 0 radical (unpaired) electrons. The molecule has 3 atom stereocenters. The lowest BCUT2D eigenvalue weighted by atomic mass is 9.82. The van der Waals surface area contributed by atoms with Gasteiger partial charge in [-0.3, -0.25) is 14.4 Å². The minimum atomic E-state index is -3.01. The van der Waals surface area contributed by atoms with Gasteiger partial charge in [-0.2, -0.15) is 0 Å². The molecule has 2 aromatic rings. The van der Waals surface area contributed by atoms with Gasteiger partial charge >= 0.3 is 17.9 Å². The van der Waals surface area contributed by atoms with E-state index in [0.717, 1.165) is 67.7 Å². The molecule has 0 bridgehead atoms. The van der Waals surface area contributed by atoms with E-state index in [9.17, 15) is 44.4 Å². The summed E-state index contributed by atoms with van der Waals surface area (Å²) in [5, 5.41) is 42.2. The third kappa shape index (κ3) is 13.8. The molecule has 0 aromatic heterocycles. The molecule has 10 nitrogen and oxygen atoms in total. The molecule has 0 heterocycles. The number of aliphatic carboxylic acids is 3. The normalized spacial score (nSPS) is 13.8. The van der Waals surface area contributed by atoms with Gasteiger partial charge in [0.15, 0.2) is 5.60 Å². The van der Waals surface area contributed by atoms with Crippen molar-refractivity contribution in [2.75, 3.05) is 0 Å². The number of hydrogen-bond acceptors (Lipinski definition) is 6. The SMILES string of the molecule is CCCCCCCC(=O)CCCCCC/C=C/[C@H](C(=O)N[C@@H](Cc1ccc(-c2ccc(C)cc2)cc1)C(=O)O)[C@@](O)(CC(=O)O)C(=O)O. The number of aliphatic hydroxyl groups is 1. The van der Waals surface area contributed by atoms with Gasteiger partial charge in [0, 0.05) is 19.3 Å². The Kier molecular flexibility index (Phi) is 17.3. The second-order valence-corrected chi connectivity index (χ2v) is 12.5. The smallest absolute Gasteiger partial charge is 0.337 e. The highest BCUT2D eigenvalue weighted by molar-refractivity contribution is 5.94. The second-order valence-electron chi connectivity index (χ2n) is 12.5. The molecule has 48 heavy (non-hydrogen) atoms. The molecule has 0 saturated carbocycles. The zero-order valence-electron chi connectivity index (χ0n) is 28.2. The number of rotatable bonds is 24. The van der Waals surface area contributed by atoms with Crippen LogP contribution in [0.1, 0.15) is 102 Å². The average Bonchev–Trinajstić information content (AvgIpc) is 3.03. The topological polar surface area (TPSA) is 178 Å². The lowest BCUT2D eigenvalue weighted by Gasteiger charge is -2.29. The number of nitrogens with one attached hydrogen (secondary N) is 1. The first-order chi connectivity index (χ1) is 22.9. The maximum absolute atomic E-state index is 13.4. The number of unbranched alkanes of at least 4 members (excludes halogenated alkanes) is 8. The van der Waals surface area contributed by atoms with Crippen molar-refractivity contribution in [3.05, 3.63) is 71.8 Å². The fourth-order valence-electron chi connectivity index (χ4n) is 5.51. The zero-order chi connectivity index (χ0) is 35.5. The number of carbonyl (C=O) groups excluding carboxylic acids is 2. The molecule has 1 amide bonds. The number of hydrogen-bond donors (Lipinski definition) is 5. The summed E-state index contributed by atoms with van der Waals surface area (Å²) in [6.07, 6.45) is 11.4. The molecule has 0 aliphatic rings. The van der Waals surface area contributed by atoms with Gasteiger partial charge in [-0.05, 0) is 49.3 Å². The predicted octanol–water partition coefficient (Wildman–Crippen LogP) is 6.51. The van der Waals surface area contributed by atoms with Crippen LogP contribution in [0.25, 0.3) is 11.1 Å². The molecule has 0 spiro atoms. The average molecular weight is 666 g/mol. The minimum absolute atomic E-state index is 0.128. The molecule has 262 valence electrons. The van der Waals surface area contributed by atoms with E-state index in [-0.39, 0.29) is 12.2 Å². The van der Waals surface area contributed by atoms with Gasteiger partial charge in [0.1, 0.15) is 11.8 Å². The predicted molar refractivity (Wildman–Crippen MR) is 183 cm³/mol. The Morgan fingerprint density at radius 1 is 0.771 bits per heavy atom. The Morgan fingerprint density at radius 2 is 1.31 bits per heavy atom. The van der Waals surface area contributed by atoms with Crippen LogP contribution in [0.2, 0.25) is 0 Å². The van der Waals surface area contributed by atoms with Gasteiger partial charge in [0.05, 0.1) is 12.3 Å². The van der Waals surface area contributed by atoms with E-state index in [4.69, 9.17) is 0 Å². The Bertz CT molecular complexity index is 1370. The van der Waals surface area contributed by atoms with E-state index < -0.39 is 47.8 Å². The summed E-state index contributed by atoms with van der Waals surface area (Å²) >= 11 is 0. The van der Waals surface area contributed by atoms with Crippen LogP contribution in [-0.4, -0.2) is 61.7 Å². The summed E-state index contributed by atoms with van der Waals surface area (Å²) in [6, 6.07) is 13.6. The number of allylic oxidation sites excluding steroid dienone is 1. The maximum atomic E-state index is 13.4. The summed E-state index contributed by atoms with van der Waals surface area (Å²) in [7, 11) is 0. The number of benzene rings is 2. The van der Waals surface area contributed by atoms with E-state index in [1.807, 2.05) is 43.3 Å². The van der Waals surface area contributed by atoms with Gasteiger partial charge in [-0.1, -0.05) is 112 Å². The zero-order valence-corrected chi connectivity index (χ0v) is 28.2. The standard InChI is InChI=1S/C38H51NO9/c1-3-4-5-8-11-14-31(40)15-12-9-6-7-10-13-16-32(38(48,37(46)47)26-34(41)42)35(43)39-33(36(44)45)25-28-19-23-30(24-20-28)29-21-17-27(2)18-22-29/h13,16-24,32-33,48H,3-12,14-15,25-26H2,1-2H3,(H,39,43)(H,41,42)(H,44,45)(H,46,47)/b16-13+/t32-,33+,38+/m1/s1. The Balaban J connectivity index is 2.02. The molecule has 0 saturated heterocycles. The second kappa shape index (κ2) is 20.8. The Labute approximate surface area is 283 Å². The lowest BCUT2D eigenvalue weighted by Crippen LogP contribution is -2.55. The summed E-state index contributed by atoms with van der Waals surface area (Å²) < 4.78 is 0. The Morgan fingerprint density at radius 3 is 1.83 bits per heavy atom.